The lowest BCUT2D eigenvalue weighted by atomic mass is 9.68. The molecular formula is C16H25N7. The summed E-state index contributed by atoms with van der Waals surface area (Å²) >= 11 is 0. The molecule has 124 valence electrons. The van der Waals surface area contributed by atoms with Crippen LogP contribution in [-0.2, 0) is 13.6 Å². The fourth-order valence-electron chi connectivity index (χ4n) is 4.22. The first kappa shape index (κ1) is 14.7. The Morgan fingerprint density at radius 1 is 1.09 bits per heavy atom. The summed E-state index contributed by atoms with van der Waals surface area (Å²) in [6, 6.07) is 2.01. The van der Waals surface area contributed by atoms with Crippen molar-refractivity contribution in [2.75, 3.05) is 18.0 Å². The predicted octanol–water partition coefficient (Wildman–Crippen LogP) is 2.01. The molecule has 0 N–H and O–H groups in total. The van der Waals surface area contributed by atoms with Gasteiger partial charge in [0, 0.05) is 26.3 Å². The minimum atomic E-state index is 0.606. The van der Waals surface area contributed by atoms with E-state index in [1.807, 2.05) is 28.7 Å². The molecule has 23 heavy (non-hydrogen) atoms. The predicted molar refractivity (Wildman–Crippen MR) is 87.1 cm³/mol. The van der Waals surface area contributed by atoms with Gasteiger partial charge in [-0.1, -0.05) is 24.4 Å². The molecule has 2 aromatic rings. The summed E-state index contributed by atoms with van der Waals surface area (Å²) in [6.45, 7) is 2.82. The normalized spacial score (nSPS) is 21.0. The third kappa shape index (κ3) is 2.84. The zero-order chi connectivity index (χ0) is 15.7. The van der Waals surface area contributed by atoms with E-state index in [1.54, 1.807) is 0 Å². The van der Waals surface area contributed by atoms with Crippen LogP contribution in [0.5, 0.6) is 0 Å². The lowest BCUT2D eigenvalue weighted by molar-refractivity contribution is 0.143. The highest BCUT2D eigenvalue weighted by Gasteiger charge is 2.36. The molecule has 1 saturated carbocycles. The first-order valence-electron chi connectivity index (χ1n) is 8.74. The number of aryl methyl sites for hydroxylation is 1. The third-order valence-corrected chi connectivity index (χ3v) is 5.77. The van der Waals surface area contributed by atoms with Gasteiger partial charge in [0.15, 0.2) is 0 Å². The smallest absolute Gasteiger partial charge is 0.245 e. The van der Waals surface area contributed by atoms with E-state index in [9.17, 15) is 0 Å². The van der Waals surface area contributed by atoms with E-state index >= 15 is 0 Å². The van der Waals surface area contributed by atoms with Crippen molar-refractivity contribution < 1.29 is 0 Å². The van der Waals surface area contributed by atoms with E-state index in [1.165, 1.54) is 44.9 Å². The van der Waals surface area contributed by atoms with E-state index in [4.69, 9.17) is 0 Å². The Balaban J connectivity index is 1.45. The van der Waals surface area contributed by atoms with E-state index in [2.05, 4.69) is 25.5 Å². The van der Waals surface area contributed by atoms with Crippen LogP contribution >= 0.6 is 0 Å². The van der Waals surface area contributed by atoms with E-state index in [0.29, 0.717) is 12.0 Å². The third-order valence-electron chi connectivity index (χ3n) is 5.77. The molecule has 0 aromatic carbocycles. The van der Waals surface area contributed by atoms with Gasteiger partial charge in [-0.05, 0) is 47.6 Å². The second kappa shape index (κ2) is 5.94. The van der Waals surface area contributed by atoms with Gasteiger partial charge in [0.2, 0.25) is 5.95 Å². The molecule has 1 aliphatic carbocycles. The number of aromatic nitrogens is 6. The summed E-state index contributed by atoms with van der Waals surface area (Å²) < 4.78 is 3.77. The molecule has 7 nitrogen and oxygen atoms in total. The Labute approximate surface area is 136 Å². The molecule has 0 unspecified atom stereocenters. The maximum Gasteiger partial charge on any atom is 0.245 e. The van der Waals surface area contributed by atoms with Crippen molar-refractivity contribution in [3.05, 3.63) is 18.0 Å². The molecular weight excluding hydrogens is 290 g/mol. The van der Waals surface area contributed by atoms with Crippen molar-refractivity contribution >= 4 is 5.95 Å². The fourth-order valence-corrected chi connectivity index (χ4v) is 4.22. The van der Waals surface area contributed by atoms with Crippen LogP contribution in [0.3, 0.4) is 0 Å². The molecule has 0 amide bonds. The van der Waals surface area contributed by atoms with Gasteiger partial charge in [-0.25, -0.2) is 4.68 Å². The fraction of sp³-hybridized carbons (Fsp3) is 0.750. The van der Waals surface area contributed by atoms with Gasteiger partial charge in [0.1, 0.15) is 0 Å². The maximum absolute atomic E-state index is 4.28. The van der Waals surface area contributed by atoms with Crippen molar-refractivity contribution in [3.8, 4) is 0 Å². The molecule has 0 radical (unpaired) electrons. The lowest BCUT2D eigenvalue weighted by Crippen LogP contribution is -2.42. The van der Waals surface area contributed by atoms with Crippen molar-refractivity contribution in [2.24, 2.45) is 12.5 Å². The zero-order valence-corrected chi connectivity index (χ0v) is 13.9. The van der Waals surface area contributed by atoms with Crippen molar-refractivity contribution in [1.82, 2.24) is 30.0 Å². The van der Waals surface area contributed by atoms with Gasteiger partial charge in [-0.3, -0.25) is 4.68 Å². The number of tetrazole rings is 1. The van der Waals surface area contributed by atoms with Gasteiger partial charge in [0.05, 0.1) is 12.2 Å². The molecule has 7 heteroatoms. The largest absolute Gasteiger partial charge is 0.340 e. The second-order valence-electron chi connectivity index (χ2n) is 7.13. The van der Waals surface area contributed by atoms with Crippen LogP contribution in [0.25, 0.3) is 0 Å². The summed E-state index contributed by atoms with van der Waals surface area (Å²) in [5.74, 6) is 0.900. The van der Waals surface area contributed by atoms with Crippen molar-refractivity contribution in [3.63, 3.8) is 0 Å². The molecule has 3 heterocycles. The first-order valence-corrected chi connectivity index (χ1v) is 8.74. The van der Waals surface area contributed by atoms with E-state index in [-0.39, 0.29) is 0 Å². The first-order chi connectivity index (χ1) is 11.3. The summed E-state index contributed by atoms with van der Waals surface area (Å²) in [5, 5.41) is 16.6. The molecule has 2 aliphatic rings. The van der Waals surface area contributed by atoms with Crippen LogP contribution in [0.4, 0.5) is 5.95 Å². The molecule has 1 aliphatic heterocycles. The summed E-state index contributed by atoms with van der Waals surface area (Å²) in [4.78, 5) is 2.36. The van der Waals surface area contributed by atoms with Crippen LogP contribution in [0.2, 0.25) is 0 Å². The highest BCUT2D eigenvalue weighted by atomic mass is 15.6. The summed E-state index contributed by atoms with van der Waals surface area (Å²) in [6.07, 6.45) is 11.5. The standard InChI is InChI=1S/C16H25N7/c1-21-14(5-10-17-21)13-23-15(18-19-20-23)22-11-8-16(9-12-22)6-3-2-4-7-16/h5,10H,2-4,6-9,11-13H2,1H3. The van der Waals surface area contributed by atoms with Crippen LogP contribution < -0.4 is 4.90 Å². The van der Waals surface area contributed by atoms with Crippen LogP contribution in [-0.4, -0.2) is 43.1 Å². The van der Waals surface area contributed by atoms with Crippen LogP contribution in [0.15, 0.2) is 12.3 Å². The van der Waals surface area contributed by atoms with Crippen molar-refractivity contribution in [1.29, 1.82) is 0 Å². The molecule has 4 rings (SSSR count). The van der Waals surface area contributed by atoms with E-state index < -0.39 is 0 Å². The molecule has 1 spiro atoms. The van der Waals surface area contributed by atoms with E-state index in [0.717, 1.165) is 24.7 Å². The molecule has 2 aromatic heterocycles. The average Bonchev–Trinajstić information content (AvgIpc) is 3.19. The van der Waals surface area contributed by atoms with Crippen LogP contribution in [0.1, 0.15) is 50.6 Å². The highest BCUT2D eigenvalue weighted by molar-refractivity contribution is 5.30. The van der Waals surface area contributed by atoms with Gasteiger partial charge in [-0.15, -0.1) is 0 Å². The van der Waals surface area contributed by atoms with Gasteiger partial charge in [-0.2, -0.15) is 5.10 Å². The second-order valence-corrected chi connectivity index (χ2v) is 7.13. The Bertz CT molecular complexity index is 643. The zero-order valence-electron chi connectivity index (χ0n) is 13.9. The number of hydrogen-bond donors (Lipinski definition) is 0. The Morgan fingerprint density at radius 2 is 1.87 bits per heavy atom. The SMILES string of the molecule is Cn1nccc1Cn1nnnc1N1CCC2(CCCCC2)CC1. The van der Waals surface area contributed by atoms with Gasteiger partial charge >= 0.3 is 0 Å². The maximum atomic E-state index is 4.28. The number of anilines is 1. The van der Waals surface area contributed by atoms with Gasteiger partial charge in [0.25, 0.3) is 0 Å². The minimum Gasteiger partial charge on any atom is -0.340 e. The minimum absolute atomic E-state index is 0.606. The monoisotopic (exact) mass is 315 g/mol. The Hall–Kier alpha value is -1.92. The highest BCUT2D eigenvalue weighted by Crippen LogP contribution is 2.44. The Morgan fingerprint density at radius 3 is 2.57 bits per heavy atom. The topological polar surface area (TPSA) is 64.7 Å². The van der Waals surface area contributed by atoms with Crippen molar-refractivity contribution in [2.45, 2.75) is 51.5 Å². The van der Waals surface area contributed by atoms with Gasteiger partial charge < -0.3 is 4.90 Å². The average molecular weight is 315 g/mol. The summed E-state index contributed by atoms with van der Waals surface area (Å²) in [5.41, 5.74) is 1.72. The number of piperidine rings is 1. The summed E-state index contributed by atoms with van der Waals surface area (Å²) in [7, 11) is 1.95. The number of hydrogen-bond acceptors (Lipinski definition) is 5. The molecule has 0 bridgehead atoms. The Kier molecular flexibility index (Phi) is 3.79. The molecule has 1 saturated heterocycles. The molecule has 2 fully saturated rings. The molecule has 0 atom stereocenters. The lowest BCUT2D eigenvalue weighted by Gasteiger charge is -2.44. The van der Waals surface area contributed by atoms with Crippen LogP contribution in [0, 0.1) is 5.41 Å². The quantitative estimate of drug-likeness (QED) is 0.867. The number of nitrogens with zero attached hydrogens (tertiary/aromatic N) is 7. The number of rotatable bonds is 3.